The number of carbonyl (C=O) groups is 1. The molecule has 22 heavy (non-hydrogen) atoms. The lowest BCUT2D eigenvalue weighted by Crippen LogP contribution is -2.12. The molecule has 0 unspecified atom stereocenters. The van der Waals surface area contributed by atoms with E-state index in [0.717, 1.165) is 47.6 Å². The Morgan fingerprint density at radius 3 is 2.95 bits per heavy atom. The molecule has 1 aromatic carbocycles. The van der Waals surface area contributed by atoms with Crippen LogP contribution in [0.3, 0.4) is 0 Å². The van der Waals surface area contributed by atoms with Gasteiger partial charge < -0.3 is 4.52 Å². The topological polar surface area (TPSA) is 55.1 Å². The molecule has 1 aliphatic rings. The Labute approximate surface area is 132 Å². The zero-order valence-electron chi connectivity index (χ0n) is 12.1. The zero-order chi connectivity index (χ0) is 15.4. The largest absolute Gasteiger partial charge is 0.338 e. The molecule has 0 saturated heterocycles. The van der Waals surface area contributed by atoms with Crippen LogP contribution in [-0.4, -0.2) is 16.8 Å². The molecule has 1 amide bonds. The molecule has 0 radical (unpaired) electrons. The molecule has 1 N–H and O–H groups in total. The smallest absolute Gasteiger partial charge is 0.234 e. The number of nitrogens with one attached hydrogen (secondary N) is 1. The van der Waals surface area contributed by atoms with Crippen molar-refractivity contribution in [3.8, 4) is 0 Å². The fourth-order valence-electron chi connectivity index (χ4n) is 2.47. The van der Waals surface area contributed by atoms with E-state index < -0.39 is 0 Å². The predicted octanol–water partition coefficient (Wildman–Crippen LogP) is 3.81. The Morgan fingerprint density at radius 2 is 2.14 bits per heavy atom. The number of hydrogen-bond acceptors (Lipinski definition) is 4. The summed E-state index contributed by atoms with van der Waals surface area (Å²) in [6.45, 7) is 0. The molecule has 1 aliphatic carbocycles. The number of carbonyl (C=O) groups excluding carboxylic acids is 1. The summed E-state index contributed by atoms with van der Waals surface area (Å²) in [4.78, 5) is 12.9. The van der Waals surface area contributed by atoms with Gasteiger partial charge >= 0.3 is 0 Å². The Kier molecular flexibility index (Phi) is 4.77. The van der Waals surface area contributed by atoms with Gasteiger partial charge in [-0.05, 0) is 55.7 Å². The number of benzene rings is 1. The van der Waals surface area contributed by atoms with E-state index in [1.54, 1.807) is 23.9 Å². The molecule has 3 rings (SSSR count). The first-order chi connectivity index (χ1) is 10.7. The Bertz CT molecular complexity index is 655. The average Bonchev–Trinajstić information content (AvgIpc) is 3.11. The van der Waals surface area contributed by atoms with E-state index in [4.69, 9.17) is 4.52 Å². The van der Waals surface area contributed by atoms with Crippen molar-refractivity contribution in [1.29, 1.82) is 0 Å². The van der Waals surface area contributed by atoms with Crippen molar-refractivity contribution >= 4 is 23.6 Å². The summed E-state index contributed by atoms with van der Waals surface area (Å²) in [7, 11) is 0. The number of nitrogens with zero attached hydrogens (tertiary/aromatic N) is 1. The fourth-order valence-corrected chi connectivity index (χ4v) is 3.32. The second-order valence-electron chi connectivity index (χ2n) is 5.24. The zero-order valence-corrected chi connectivity index (χ0v) is 12.9. The molecule has 0 atom stereocenters. The van der Waals surface area contributed by atoms with Gasteiger partial charge in [-0.1, -0.05) is 5.16 Å². The van der Waals surface area contributed by atoms with Crippen molar-refractivity contribution in [1.82, 2.24) is 5.16 Å². The third kappa shape index (κ3) is 3.68. The number of fused-ring (bicyclic) bond motifs is 1. The van der Waals surface area contributed by atoms with Gasteiger partial charge in [-0.25, -0.2) is 4.39 Å². The van der Waals surface area contributed by atoms with Crippen LogP contribution in [-0.2, 0) is 17.6 Å². The predicted molar refractivity (Wildman–Crippen MR) is 83.5 cm³/mol. The van der Waals surface area contributed by atoms with Gasteiger partial charge in [0.25, 0.3) is 0 Å². The molecule has 0 bridgehead atoms. The first-order valence-corrected chi connectivity index (χ1v) is 8.36. The second-order valence-corrected chi connectivity index (χ2v) is 6.41. The molecular formula is C16H17FN2O2S. The van der Waals surface area contributed by atoms with E-state index in [-0.39, 0.29) is 11.7 Å². The summed E-state index contributed by atoms with van der Waals surface area (Å²) in [5.41, 5.74) is 2.02. The van der Waals surface area contributed by atoms with Gasteiger partial charge in [0.05, 0.1) is 5.69 Å². The second kappa shape index (κ2) is 6.96. The lowest BCUT2D eigenvalue weighted by Gasteiger charge is -2.03. The quantitative estimate of drug-likeness (QED) is 0.649. The minimum absolute atomic E-state index is 0.0504. The van der Waals surface area contributed by atoms with Crippen molar-refractivity contribution in [2.75, 3.05) is 11.1 Å². The number of aromatic nitrogens is 1. The summed E-state index contributed by atoms with van der Waals surface area (Å²) >= 11 is 1.62. The molecule has 0 saturated carbocycles. The third-order valence-corrected chi connectivity index (χ3v) is 4.69. The van der Waals surface area contributed by atoms with Crippen molar-refractivity contribution in [2.24, 2.45) is 0 Å². The molecule has 1 aromatic heterocycles. The normalized spacial score (nSPS) is 13.1. The Balaban J connectivity index is 1.40. The van der Waals surface area contributed by atoms with Crippen molar-refractivity contribution in [3.63, 3.8) is 0 Å². The number of amides is 1. The highest BCUT2D eigenvalue weighted by atomic mass is 32.2. The Hall–Kier alpha value is -1.82. The van der Waals surface area contributed by atoms with Crippen LogP contribution in [0.5, 0.6) is 0 Å². The lowest BCUT2D eigenvalue weighted by atomic mass is 10.2. The van der Waals surface area contributed by atoms with Gasteiger partial charge in [0.2, 0.25) is 11.8 Å². The van der Waals surface area contributed by atoms with E-state index in [1.165, 1.54) is 12.1 Å². The van der Waals surface area contributed by atoms with Gasteiger partial charge in [-0.15, -0.1) is 11.8 Å². The van der Waals surface area contributed by atoms with E-state index >= 15 is 0 Å². The molecule has 1 heterocycles. The van der Waals surface area contributed by atoms with E-state index in [1.807, 2.05) is 0 Å². The van der Waals surface area contributed by atoms with Gasteiger partial charge in [0.15, 0.2) is 0 Å². The van der Waals surface area contributed by atoms with E-state index in [0.29, 0.717) is 12.3 Å². The average molecular weight is 320 g/mol. The number of rotatable bonds is 6. The van der Waals surface area contributed by atoms with Gasteiger partial charge in [-0.3, -0.25) is 10.1 Å². The highest BCUT2D eigenvalue weighted by molar-refractivity contribution is 7.99. The number of hydrogen-bond donors (Lipinski definition) is 1. The maximum atomic E-state index is 12.8. The highest BCUT2D eigenvalue weighted by Gasteiger charge is 2.21. The minimum Gasteiger partial charge on any atom is -0.338 e. The molecular weight excluding hydrogens is 303 g/mol. The summed E-state index contributed by atoms with van der Waals surface area (Å²) in [6, 6.07) is 6.38. The maximum absolute atomic E-state index is 12.8. The fraction of sp³-hybridized carbons (Fsp3) is 0.375. The monoisotopic (exact) mass is 320 g/mol. The molecule has 116 valence electrons. The first-order valence-electron chi connectivity index (χ1n) is 7.38. The van der Waals surface area contributed by atoms with E-state index in [2.05, 4.69) is 10.5 Å². The van der Waals surface area contributed by atoms with Crippen molar-refractivity contribution < 1.29 is 13.7 Å². The van der Waals surface area contributed by atoms with Crippen LogP contribution in [0.2, 0.25) is 0 Å². The maximum Gasteiger partial charge on any atom is 0.234 e. The van der Waals surface area contributed by atoms with Crippen LogP contribution in [0, 0.1) is 5.82 Å². The molecule has 0 spiro atoms. The molecule has 0 fully saturated rings. The van der Waals surface area contributed by atoms with Crippen LogP contribution in [0.1, 0.15) is 30.5 Å². The van der Waals surface area contributed by atoms with Gasteiger partial charge in [0, 0.05) is 16.9 Å². The molecule has 2 aromatic rings. The highest BCUT2D eigenvalue weighted by Crippen LogP contribution is 2.28. The molecule has 6 heteroatoms. The van der Waals surface area contributed by atoms with E-state index in [9.17, 15) is 9.18 Å². The van der Waals surface area contributed by atoms with Crippen LogP contribution < -0.4 is 5.32 Å². The molecule has 0 aliphatic heterocycles. The first kappa shape index (κ1) is 15.1. The van der Waals surface area contributed by atoms with Crippen LogP contribution in [0.4, 0.5) is 10.3 Å². The van der Waals surface area contributed by atoms with Gasteiger partial charge in [-0.2, -0.15) is 0 Å². The van der Waals surface area contributed by atoms with Crippen LogP contribution in [0.15, 0.2) is 33.7 Å². The standard InChI is InChI=1S/C16H17FN2O2S/c17-11-6-8-12(9-7-11)22-10-2-5-15(20)18-16-13-3-1-4-14(13)19-21-16/h6-9H,1-5,10H2,(H,18,20). The van der Waals surface area contributed by atoms with Crippen LogP contribution >= 0.6 is 11.8 Å². The number of halogens is 1. The summed E-state index contributed by atoms with van der Waals surface area (Å²) in [5.74, 6) is 1.05. The number of aryl methyl sites for hydroxylation is 1. The Morgan fingerprint density at radius 1 is 1.32 bits per heavy atom. The van der Waals surface area contributed by atoms with Gasteiger partial charge in [0.1, 0.15) is 5.82 Å². The number of thioether (sulfide) groups is 1. The summed E-state index contributed by atoms with van der Waals surface area (Å²) in [5, 5.41) is 6.77. The lowest BCUT2D eigenvalue weighted by molar-refractivity contribution is -0.116. The minimum atomic E-state index is -0.233. The molecule has 4 nitrogen and oxygen atoms in total. The number of anilines is 1. The summed E-state index contributed by atoms with van der Waals surface area (Å²) < 4.78 is 18.0. The SMILES string of the molecule is O=C(CCCSc1ccc(F)cc1)Nc1onc2c1CCC2. The van der Waals surface area contributed by atoms with Crippen LogP contribution in [0.25, 0.3) is 0 Å². The third-order valence-electron chi connectivity index (χ3n) is 3.59. The summed E-state index contributed by atoms with van der Waals surface area (Å²) in [6.07, 6.45) is 4.12. The van der Waals surface area contributed by atoms with Crippen molar-refractivity contribution in [2.45, 2.75) is 37.0 Å². The van der Waals surface area contributed by atoms with Crippen molar-refractivity contribution in [3.05, 3.63) is 41.3 Å².